The average Bonchev–Trinajstić information content (AvgIpc) is 2.34. The predicted octanol–water partition coefficient (Wildman–Crippen LogP) is 3.79. The molecule has 1 aliphatic carbocycles. The van der Waals surface area contributed by atoms with Gasteiger partial charge in [0.15, 0.2) is 0 Å². The van der Waals surface area contributed by atoms with Gasteiger partial charge in [0.05, 0.1) is 11.6 Å². The van der Waals surface area contributed by atoms with Crippen LogP contribution in [0.3, 0.4) is 0 Å². The molecule has 3 atom stereocenters. The van der Waals surface area contributed by atoms with Gasteiger partial charge in [0, 0.05) is 11.7 Å². The van der Waals surface area contributed by atoms with Crippen molar-refractivity contribution in [3.8, 4) is 6.07 Å². The maximum atomic E-state index is 8.75. The SMILES string of the molecule is CC1CCC(Nc2ccc(C#N)cc2)C(C)C1. The van der Waals surface area contributed by atoms with Gasteiger partial charge in [-0.15, -0.1) is 0 Å². The molecule has 90 valence electrons. The summed E-state index contributed by atoms with van der Waals surface area (Å²) in [6.45, 7) is 4.67. The summed E-state index contributed by atoms with van der Waals surface area (Å²) < 4.78 is 0. The Morgan fingerprint density at radius 2 is 1.88 bits per heavy atom. The Bertz CT molecular complexity index is 402. The quantitative estimate of drug-likeness (QED) is 0.835. The molecule has 1 aliphatic rings. The van der Waals surface area contributed by atoms with E-state index >= 15 is 0 Å². The summed E-state index contributed by atoms with van der Waals surface area (Å²) in [6.07, 6.45) is 3.88. The second-order valence-corrected chi connectivity index (χ2v) is 5.34. The van der Waals surface area contributed by atoms with Crippen LogP contribution < -0.4 is 5.32 Å². The Morgan fingerprint density at radius 1 is 1.18 bits per heavy atom. The fraction of sp³-hybridized carbons (Fsp3) is 0.533. The molecule has 3 unspecified atom stereocenters. The van der Waals surface area contributed by atoms with Gasteiger partial charge >= 0.3 is 0 Å². The Balaban J connectivity index is 1.98. The minimum absolute atomic E-state index is 0.583. The number of anilines is 1. The summed E-state index contributed by atoms with van der Waals surface area (Å²) in [7, 11) is 0. The van der Waals surface area contributed by atoms with E-state index in [2.05, 4.69) is 25.2 Å². The zero-order valence-electron chi connectivity index (χ0n) is 10.6. The molecule has 17 heavy (non-hydrogen) atoms. The minimum atomic E-state index is 0.583. The lowest BCUT2D eigenvalue weighted by Gasteiger charge is -2.33. The van der Waals surface area contributed by atoms with Crippen LogP contribution in [0.4, 0.5) is 5.69 Å². The van der Waals surface area contributed by atoms with Crippen LogP contribution in [-0.4, -0.2) is 6.04 Å². The molecule has 1 aromatic carbocycles. The Hall–Kier alpha value is -1.49. The highest BCUT2D eigenvalue weighted by molar-refractivity contribution is 5.48. The molecule has 2 nitrogen and oxygen atoms in total. The van der Waals surface area contributed by atoms with Crippen LogP contribution in [0, 0.1) is 23.2 Å². The summed E-state index contributed by atoms with van der Waals surface area (Å²) in [5.74, 6) is 1.60. The number of nitriles is 1. The van der Waals surface area contributed by atoms with Crippen LogP contribution in [0.5, 0.6) is 0 Å². The molecular weight excluding hydrogens is 208 g/mol. The maximum Gasteiger partial charge on any atom is 0.0991 e. The van der Waals surface area contributed by atoms with Crippen LogP contribution in [0.1, 0.15) is 38.7 Å². The summed E-state index contributed by atoms with van der Waals surface area (Å²) in [4.78, 5) is 0. The first-order valence-electron chi connectivity index (χ1n) is 6.45. The normalized spacial score (nSPS) is 28.4. The van der Waals surface area contributed by atoms with Crippen molar-refractivity contribution in [2.75, 3.05) is 5.32 Å². The van der Waals surface area contributed by atoms with Gasteiger partial charge in [0.2, 0.25) is 0 Å². The second-order valence-electron chi connectivity index (χ2n) is 5.34. The lowest BCUT2D eigenvalue weighted by Crippen LogP contribution is -2.32. The molecule has 1 N–H and O–H groups in total. The van der Waals surface area contributed by atoms with E-state index in [9.17, 15) is 0 Å². The van der Waals surface area contributed by atoms with Crippen LogP contribution in [-0.2, 0) is 0 Å². The Labute approximate surface area is 104 Å². The molecular formula is C15H20N2. The van der Waals surface area contributed by atoms with Crippen LogP contribution >= 0.6 is 0 Å². The van der Waals surface area contributed by atoms with E-state index in [1.165, 1.54) is 19.3 Å². The van der Waals surface area contributed by atoms with E-state index < -0.39 is 0 Å². The summed E-state index contributed by atoms with van der Waals surface area (Å²) in [5.41, 5.74) is 1.86. The molecule has 2 rings (SSSR count). The zero-order chi connectivity index (χ0) is 12.3. The third-order valence-electron chi connectivity index (χ3n) is 3.80. The molecule has 0 saturated heterocycles. The molecule has 0 radical (unpaired) electrons. The topological polar surface area (TPSA) is 35.8 Å². The van der Waals surface area contributed by atoms with E-state index in [4.69, 9.17) is 5.26 Å². The van der Waals surface area contributed by atoms with Crippen molar-refractivity contribution in [1.82, 2.24) is 0 Å². The highest BCUT2D eigenvalue weighted by atomic mass is 14.9. The first-order valence-corrected chi connectivity index (χ1v) is 6.45. The molecule has 1 aromatic rings. The van der Waals surface area contributed by atoms with E-state index in [-0.39, 0.29) is 0 Å². The van der Waals surface area contributed by atoms with Crippen molar-refractivity contribution >= 4 is 5.69 Å². The van der Waals surface area contributed by atoms with Gasteiger partial charge in [-0.05, 0) is 55.4 Å². The maximum absolute atomic E-state index is 8.75. The molecule has 0 heterocycles. The van der Waals surface area contributed by atoms with Crippen molar-refractivity contribution in [3.05, 3.63) is 29.8 Å². The van der Waals surface area contributed by atoms with Gasteiger partial charge in [0.25, 0.3) is 0 Å². The average molecular weight is 228 g/mol. The van der Waals surface area contributed by atoms with Gasteiger partial charge in [-0.25, -0.2) is 0 Å². The molecule has 0 bridgehead atoms. The zero-order valence-corrected chi connectivity index (χ0v) is 10.6. The van der Waals surface area contributed by atoms with Crippen LogP contribution in [0.2, 0.25) is 0 Å². The highest BCUT2D eigenvalue weighted by Gasteiger charge is 2.24. The lowest BCUT2D eigenvalue weighted by molar-refractivity contribution is 0.276. The van der Waals surface area contributed by atoms with E-state index in [0.29, 0.717) is 6.04 Å². The number of hydrogen-bond donors (Lipinski definition) is 1. The fourth-order valence-electron chi connectivity index (χ4n) is 2.73. The largest absolute Gasteiger partial charge is 0.382 e. The first-order chi connectivity index (χ1) is 8.19. The Kier molecular flexibility index (Phi) is 3.68. The summed E-state index contributed by atoms with van der Waals surface area (Å²) in [5, 5.41) is 12.3. The number of nitrogens with one attached hydrogen (secondary N) is 1. The second kappa shape index (κ2) is 5.23. The van der Waals surface area contributed by atoms with E-state index in [0.717, 1.165) is 23.1 Å². The predicted molar refractivity (Wildman–Crippen MR) is 70.7 cm³/mol. The number of benzene rings is 1. The molecule has 0 spiro atoms. The fourth-order valence-corrected chi connectivity index (χ4v) is 2.73. The van der Waals surface area contributed by atoms with Crippen molar-refractivity contribution < 1.29 is 0 Å². The van der Waals surface area contributed by atoms with Crippen molar-refractivity contribution in [2.24, 2.45) is 11.8 Å². The summed E-state index contributed by atoms with van der Waals surface area (Å²) >= 11 is 0. The number of nitrogens with zero attached hydrogens (tertiary/aromatic N) is 1. The molecule has 0 aliphatic heterocycles. The third kappa shape index (κ3) is 3.00. The van der Waals surface area contributed by atoms with Crippen molar-refractivity contribution in [3.63, 3.8) is 0 Å². The van der Waals surface area contributed by atoms with Crippen molar-refractivity contribution in [1.29, 1.82) is 5.26 Å². The third-order valence-corrected chi connectivity index (χ3v) is 3.80. The molecule has 0 amide bonds. The van der Waals surface area contributed by atoms with E-state index in [1.54, 1.807) is 0 Å². The van der Waals surface area contributed by atoms with Gasteiger partial charge in [-0.2, -0.15) is 5.26 Å². The summed E-state index contributed by atoms with van der Waals surface area (Å²) in [6, 6.07) is 10.5. The monoisotopic (exact) mass is 228 g/mol. The standard InChI is InChI=1S/C15H20N2/c1-11-3-8-15(12(2)9-11)17-14-6-4-13(10-16)5-7-14/h4-7,11-12,15,17H,3,8-9H2,1-2H3. The van der Waals surface area contributed by atoms with Crippen LogP contribution in [0.15, 0.2) is 24.3 Å². The van der Waals surface area contributed by atoms with Gasteiger partial charge in [-0.3, -0.25) is 0 Å². The minimum Gasteiger partial charge on any atom is -0.382 e. The first kappa shape index (κ1) is 12.0. The van der Waals surface area contributed by atoms with E-state index in [1.807, 2.05) is 24.3 Å². The smallest absolute Gasteiger partial charge is 0.0991 e. The molecule has 1 fully saturated rings. The van der Waals surface area contributed by atoms with Gasteiger partial charge in [-0.1, -0.05) is 13.8 Å². The molecule has 2 heteroatoms. The molecule has 0 aromatic heterocycles. The van der Waals surface area contributed by atoms with Crippen molar-refractivity contribution in [2.45, 2.75) is 39.2 Å². The highest BCUT2D eigenvalue weighted by Crippen LogP contribution is 2.30. The Morgan fingerprint density at radius 3 is 2.47 bits per heavy atom. The van der Waals surface area contributed by atoms with Gasteiger partial charge < -0.3 is 5.32 Å². The lowest BCUT2D eigenvalue weighted by atomic mass is 9.80. The van der Waals surface area contributed by atoms with Gasteiger partial charge in [0.1, 0.15) is 0 Å². The molecule has 1 saturated carbocycles. The van der Waals surface area contributed by atoms with Crippen LogP contribution in [0.25, 0.3) is 0 Å². The number of rotatable bonds is 2. The number of hydrogen-bond acceptors (Lipinski definition) is 2.